The van der Waals surface area contributed by atoms with Gasteiger partial charge in [0, 0.05) is 6.07 Å². The summed E-state index contributed by atoms with van der Waals surface area (Å²) in [4.78, 5) is 0. The van der Waals surface area contributed by atoms with Crippen LogP contribution in [0.15, 0.2) is 54.6 Å². The second-order valence-corrected chi connectivity index (χ2v) is 6.93. The molecule has 0 spiro atoms. The molecule has 3 aromatic rings. The predicted molar refractivity (Wildman–Crippen MR) is 101 cm³/mol. The minimum absolute atomic E-state index is 0.0319. The van der Waals surface area contributed by atoms with E-state index in [9.17, 15) is 13.2 Å². The van der Waals surface area contributed by atoms with Gasteiger partial charge >= 0.3 is 6.18 Å². The van der Waals surface area contributed by atoms with E-state index in [1.165, 1.54) is 23.8 Å². The molecule has 142 valence electrons. The standard InChI is InChI=1S/C21H18ClF3O2/c1-13(2)14-3-4-16-10-18(6-5-15(16)9-14)27-20-8-7-17(11-19(20)22)26-12-21(23,24)25/h3-11,13H,12H2,1-2H3. The van der Waals surface area contributed by atoms with Crippen molar-refractivity contribution >= 4 is 22.4 Å². The number of halogens is 4. The number of ether oxygens (including phenoxy) is 2. The smallest absolute Gasteiger partial charge is 0.422 e. The summed E-state index contributed by atoms with van der Waals surface area (Å²) in [6, 6.07) is 16.1. The van der Waals surface area contributed by atoms with Crippen molar-refractivity contribution in [2.24, 2.45) is 0 Å². The number of rotatable bonds is 5. The van der Waals surface area contributed by atoms with Crippen molar-refractivity contribution in [1.29, 1.82) is 0 Å². The number of fused-ring (bicyclic) bond motifs is 1. The average molecular weight is 395 g/mol. The number of hydrogen-bond donors (Lipinski definition) is 0. The molecule has 0 heterocycles. The summed E-state index contributed by atoms with van der Waals surface area (Å²) < 4.78 is 47.1. The zero-order valence-corrected chi connectivity index (χ0v) is 15.6. The SMILES string of the molecule is CC(C)c1ccc2cc(Oc3ccc(OCC(F)(F)F)cc3Cl)ccc2c1. The second-order valence-electron chi connectivity index (χ2n) is 6.52. The fraction of sp³-hybridized carbons (Fsp3) is 0.238. The van der Waals surface area contributed by atoms with Crippen LogP contribution in [-0.2, 0) is 0 Å². The fourth-order valence-corrected chi connectivity index (χ4v) is 2.82. The molecule has 3 aromatic carbocycles. The molecule has 0 saturated carbocycles. The number of benzene rings is 3. The van der Waals surface area contributed by atoms with Crippen molar-refractivity contribution < 1.29 is 22.6 Å². The molecule has 27 heavy (non-hydrogen) atoms. The highest BCUT2D eigenvalue weighted by Crippen LogP contribution is 2.34. The molecule has 0 unspecified atom stereocenters. The van der Waals surface area contributed by atoms with Crippen LogP contribution >= 0.6 is 11.6 Å². The van der Waals surface area contributed by atoms with E-state index in [0.29, 0.717) is 17.4 Å². The van der Waals surface area contributed by atoms with Gasteiger partial charge in [0.05, 0.1) is 5.02 Å². The van der Waals surface area contributed by atoms with Crippen molar-refractivity contribution in [1.82, 2.24) is 0 Å². The van der Waals surface area contributed by atoms with Crippen molar-refractivity contribution in [3.63, 3.8) is 0 Å². The lowest BCUT2D eigenvalue weighted by molar-refractivity contribution is -0.153. The van der Waals surface area contributed by atoms with E-state index >= 15 is 0 Å². The molecule has 6 heteroatoms. The van der Waals surface area contributed by atoms with Crippen LogP contribution in [0.5, 0.6) is 17.2 Å². The summed E-state index contributed by atoms with van der Waals surface area (Å²) in [5.41, 5.74) is 1.26. The van der Waals surface area contributed by atoms with Crippen molar-refractivity contribution in [3.8, 4) is 17.2 Å². The predicted octanol–water partition coefficient (Wildman–Crippen LogP) is 7.35. The molecular formula is C21H18ClF3O2. The average Bonchev–Trinajstić information content (AvgIpc) is 2.61. The largest absolute Gasteiger partial charge is 0.484 e. The normalized spacial score (nSPS) is 11.8. The lowest BCUT2D eigenvalue weighted by Gasteiger charge is -2.12. The van der Waals surface area contributed by atoms with Crippen LogP contribution in [0.4, 0.5) is 13.2 Å². The summed E-state index contributed by atoms with van der Waals surface area (Å²) in [5.74, 6) is 1.41. The zero-order valence-electron chi connectivity index (χ0n) is 14.8. The monoisotopic (exact) mass is 394 g/mol. The molecule has 0 fully saturated rings. The van der Waals surface area contributed by atoms with E-state index < -0.39 is 12.8 Å². The third-order valence-electron chi connectivity index (χ3n) is 4.04. The van der Waals surface area contributed by atoms with Crippen LogP contribution in [0.25, 0.3) is 10.8 Å². The van der Waals surface area contributed by atoms with Gasteiger partial charge in [0.25, 0.3) is 0 Å². The Bertz CT molecular complexity index is 952. The Morgan fingerprint density at radius 1 is 0.889 bits per heavy atom. The topological polar surface area (TPSA) is 18.5 Å². The summed E-state index contributed by atoms with van der Waals surface area (Å²) in [6.07, 6.45) is -4.40. The summed E-state index contributed by atoms with van der Waals surface area (Å²) in [7, 11) is 0. The highest BCUT2D eigenvalue weighted by atomic mass is 35.5. The van der Waals surface area contributed by atoms with Gasteiger partial charge in [-0.15, -0.1) is 0 Å². The molecular weight excluding hydrogens is 377 g/mol. The van der Waals surface area contributed by atoms with Gasteiger partial charge in [0.1, 0.15) is 17.2 Å². The fourth-order valence-electron chi connectivity index (χ4n) is 2.61. The lowest BCUT2D eigenvalue weighted by atomic mass is 9.99. The van der Waals surface area contributed by atoms with Crippen molar-refractivity contribution in [3.05, 3.63) is 65.2 Å². The first kappa shape index (κ1) is 19.4. The van der Waals surface area contributed by atoms with Crippen LogP contribution in [0, 0.1) is 0 Å². The Kier molecular flexibility index (Phi) is 5.51. The Balaban J connectivity index is 1.77. The van der Waals surface area contributed by atoms with Crippen molar-refractivity contribution in [2.75, 3.05) is 6.61 Å². The first-order valence-corrected chi connectivity index (χ1v) is 8.80. The van der Waals surface area contributed by atoms with Crippen molar-refractivity contribution in [2.45, 2.75) is 25.9 Å². The molecule has 0 radical (unpaired) electrons. The maximum atomic E-state index is 12.2. The van der Waals surface area contributed by atoms with Crippen LogP contribution in [-0.4, -0.2) is 12.8 Å². The number of hydrogen-bond acceptors (Lipinski definition) is 2. The van der Waals surface area contributed by atoms with Gasteiger partial charge in [0.2, 0.25) is 0 Å². The van der Waals surface area contributed by atoms with E-state index in [0.717, 1.165) is 10.8 Å². The van der Waals surface area contributed by atoms with Crippen LogP contribution < -0.4 is 9.47 Å². The van der Waals surface area contributed by atoms with E-state index in [4.69, 9.17) is 16.3 Å². The first-order valence-electron chi connectivity index (χ1n) is 8.42. The zero-order chi connectivity index (χ0) is 19.6. The maximum absolute atomic E-state index is 12.2. The number of alkyl halides is 3. The Morgan fingerprint density at radius 2 is 1.56 bits per heavy atom. The van der Waals surface area contributed by atoms with Gasteiger partial charge in [-0.1, -0.05) is 49.7 Å². The maximum Gasteiger partial charge on any atom is 0.422 e. The van der Waals surface area contributed by atoms with Gasteiger partial charge in [-0.2, -0.15) is 13.2 Å². The Hall–Kier alpha value is -2.40. The highest BCUT2D eigenvalue weighted by Gasteiger charge is 2.28. The molecule has 0 N–H and O–H groups in total. The van der Waals surface area contributed by atoms with Gasteiger partial charge < -0.3 is 9.47 Å². The van der Waals surface area contributed by atoms with E-state index in [-0.39, 0.29) is 10.8 Å². The summed E-state index contributed by atoms with van der Waals surface area (Å²) in [6.45, 7) is 2.91. The third kappa shape index (κ3) is 5.07. The molecule has 2 nitrogen and oxygen atoms in total. The second kappa shape index (κ2) is 7.69. The Labute approximate surface area is 160 Å². The van der Waals surface area contributed by atoms with E-state index in [1.807, 2.05) is 24.3 Å². The molecule has 0 aromatic heterocycles. The van der Waals surface area contributed by atoms with Gasteiger partial charge in [0.15, 0.2) is 6.61 Å². The molecule has 0 saturated heterocycles. The highest BCUT2D eigenvalue weighted by molar-refractivity contribution is 6.32. The first-order chi connectivity index (χ1) is 12.7. The van der Waals surface area contributed by atoms with Gasteiger partial charge in [-0.25, -0.2) is 0 Å². The molecule has 3 rings (SSSR count). The van der Waals surface area contributed by atoms with Crippen LogP contribution in [0.1, 0.15) is 25.3 Å². The Morgan fingerprint density at radius 3 is 2.22 bits per heavy atom. The van der Waals surface area contributed by atoms with Gasteiger partial charge in [-0.3, -0.25) is 0 Å². The summed E-state index contributed by atoms with van der Waals surface area (Å²) >= 11 is 6.12. The third-order valence-corrected chi connectivity index (χ3v) is 4.33. The molecule has 0 amide bonds. The minimum atomic E-state index is -4.40. The molecule has 0 aliphatic carbocycles. The van der Waals surface area contributed by atoms with E-state index in [2.05, 4.69) is 30.7 Å². The molecule has 0 atom stereocenters. The summed E-state index contributed by atoms with van der Waals surface area (Å²) in [5, 5.41) is 2.30. The quantitative estimate of drug-likeness (QED) is 0.450. The van der Waals surface area contributed by atoms with Crippen LogP contribution in [0.2, 0.25) is 5.02 Å². The minimum Gasteiger partial charge on any atom is -0.484 e. The van der Waals surface area contributed by atoms with Gasteiger partial charge in [-0.05, 0) is 46.5 Å². The molecule has 0 bridgehead atoms. The molecule has 0 aliphatic rings. The van der Waals surface area contributed by atoms with E-state index in [1.54, 1.807) is 0 Å². The molecule has 0 aliphatic heterocycles. The van der Waals surface area contributed by atoms with Crippen LogP contribution in [0.3, 0.4) is 0 Å². The lowest BCUT2D eigenvalue weighted by Crippen LogP contribution is -2.19.